The molecule has 0 aliphatic carbocycles. The minimum absolute atomic E-state index is 0.0384. The van der Waals surface area contributed by atoms with Crippen molar-refractivity contribution in [2.45, 2.75) is 26.8 Å². The van der Waals surface area contributed by atoms with Crippen LogP contribution in [0, 0.1) is 15.5 Å². The normalized spacial score (nSPS) is 11.7. The lowest BCUT2D eigenvalue weighted by Gasteiger charge is -2.23. The molecule has 0 saturated heterocycles. The van der Waals surface area contributed by atoms with Crippen LogP contribution in [0.25, 0.3) is 0 Å². The lowest BCUT2D eigenvalue weighted by Crippen LogP contribution is -2.29. The number of hydrogen-bond donors (Lipinski definition) is 2. The zero-order chi connectivity index (χ0) is 12.9. The second-order valence-corrected chi connectivity index (χ2v) is 5.68. The first kappa shape index (κ1) is 14.1. The predicted octanol–water partition coefficient (Wildman–Crippen LogP) is 2.15. The van der Waals surface area contributed by atoms with Crippen LogP contribution in [0.5, 0.6) is 0 Å². The van der Waals surface area contributed by atoms with Gasteiger partial charge in [0.1, 0.15) is 0 Å². The summed E-state index contributed by atoms with van der Waals surface area (Å²) >= 11 is 1.15. The third-order valence-corrected chi connectivity index (χ3v) is 3.47. The first-order chi connectivity index (χ1) is 7.94. The number of thiophene rings is 1. The van der Waals surface area contributed by atoms with E-state index in [9.17, 15) is 10.1 Å². The van der Waals surface area contributed by atoms with Crippen molar-refractivity contribution in [3.05, 3.63) is 27.1 Å². The van der Waals surface area contributed by atoms with Gasteiger partial charge >= 0.3 is 5.00 Å². The molecule has 0 aliphatic heterocycles. The van der Waals surface area contributed by atoms with Gasteiger partial charge < -0.3 is 10.4 Å². The Bertz CT molecular complexity index is 377. The molecule has 0 aromatic carbocycles. The quantitative estimate of drug-likeness (QED) is 0.580. The van der Waals surface area contributed by atoms with E-state index in [1.807, 2.05) is 0 Å². The fourth-order valence-corrected chi connectivity index (χ4v) is 2.22. The summed E-state index contributed by atoms with van der Waals surface area (Å²) < 4.78 is 0. The number of nitrogens with one attached hydrogen (secondary N) is 1. The Kier molecular flexibility index (Phi) is 5.04. The van der Waals surface area contributed by atoms with E-state index >= 15 is 0 Å². The molecular weight excluding hydrogens is 240 g/mol. The minimum Gasteiger partial charge on any atom is -0.396 e. The molecule has 0 atom stereocenters. The van der Waals surface area contributed by atoms with Crippen LogP contribution in [-0.4, -0.2) is 23.2 Å². The van der Waals surface area contributed by atoms with Crippen molar-refractivity contribution in [2.24, 2.45) is 5.41 Å². The van der Waals surface area contributed by atoms with Gasteiger partial charge in [0, 0.05) is 31.1 Å². The molecule has 0 fully saturated rings. The van der Waals surface area contributed by atoms with Crippen molar-refractivity contribution in [1.29, 1.82) is 0 Å². The van der Waals surface area contributed by atoms with E-state index < -0.39 is 0 Å². The molecule has 17 heavy (non-hydrogen) atoms. The average Bonchev–Trinajstić information content (AvgIpc) is 2.66. The molecule has 0 spiro atoms. The summed E-state index contributed by atoms with van der Waals surface area (Å²) in [6.07, 6.45) is 0.740. The van der Waals surface area contributed by atoms with E-state index in [-0.39, 0.29) is 21.9 Å². The fraction of sp³-hybridized carbons (Fsp3) is 0.636. The summed E-state index contributed by atoms with van der Waals surface area (Å²) in [7, 11) is 0. The molecule has 5 nitrogen and oxygen atoms in total. The Balaban J connectivity index is 2.38. The zero-order valence-electron chi connectivity index (χ0n) is 10.1. The highest BCUT2D eigenvalue weighted by molar-refractivity contribution is 7.13. The summed E-state index contributed by atoms with van der Waals surface area (Å²) in [5, 5.41) is 24.6. The molecule has 96 valence electrons. The van der Waals surface area contributed by atoms with Gasteiger partial charge in [-0.25, -0.2) is 0 Å². The highest BCUT2D eigenvalue weighted by Crippen LogP contribution is 2.23. The molecule has 6 heteroatoms. The third-order valence-electron chi connectivity index (χ3n) is 2.54. The molecule has 2 N–H and O–H groups in total. The maximum atomic E-state index is 10.5. The topological polar surface area (TPSA) is 75.4 Å². The minimum atomic E-state index is -0.371. The molecule has 1 aromatic rings. The largest absolute Gasteiger partial charge is 0.396 e. The van der Waals surface area contributed by atoms with E-state index in [2.05, 4.69) is 19.2 Å². The second-order valence-electron chi connectivity index (χ2n) is 4.79. The second kappa shape index (κ2) is 6.09. The third kappa shape index (κ3) is 4.80. The summed E-state index contributed by atoms with van der Waals surface area (Å²) in [6.45, 7) is 5.73. The number of aliphatic hydroxyl groups is 1. The molecule has 0 aliphatic rings. The highest BCUT2D eigenvalue weighted by atomic mass is 32.1. The van der Waals surface area contributed by atoms with Crippen LogP contribution >= 0.6 is 11.3 Å². The standard InChI is InChI=1S/C11H18N2O3S/c1-11(2,3-4-14)8-12-6-9-5-10(13(15)16)17-7-9/h5,7,12,14H,3-4,6,8H2,1-2H3. The monoisotopic (exact) mass is 258 g/mol. The molecular formula is C11H18N2O3S. The summed E-state index contributed by atoms with van der Waals surface area (Å²) in [5.74, 6) is 0. The van der Waals surface area contributed by atoms with Crippen LogP contribution in [0.4, 0.5) is 5.00 Å². The highest BCUT2D eigenvalue weighted by Gasteiger charge is 2.16. The summed E-state index contributed by atoms with van der Waals surface area (Å²) in [6, 6.07) is 1.59. The lowest BCUT2D eigenvalue weighted by molar-refractivity contribution is -0.380. The molecule has 0 radical (unpaired) electrons. The zero-order valence-corrected chi connectivity index (χ0v) is 10.9. The fourth-order valence-electron chi connectivity index (χ4n) is 1.49. The van der Waals surface area contributed by atoms with E-state index in [4.69, 9.17) is 5.11 Å². The van der Waals surface area contributed by atoms with Crippen LogP contribution < -0.4 is 5.32 Å². The first-order valence-corrected chi connectivity index (χ1v) is 6.36. The number of nitrogens with zero attached hydrogens (tertiary/aromatic N) is 1. The number of aliphatic hydroxyl groups excluding tert-OH is 1. The Morgan fingerprint density at radius 1 is 1.59 bits per heavy atom. The van der Waals surface area contributed by atoms with E-state index in [0.717, 1.165) is 29.9 Å². The number of hydrogen-bond acceptors (Lipinski definition) is 5. The van der Waals surface area contributed by atoms with Gasteiger partial charge in [-0.05, 0) is 17.4 Å². The SMILES string of the molecule is CC(C)(CCO)CNCc1csc([N+](=O)[O-])c1. The van der Waals surface area contributed by atoms with Gasteiger partial charge in [0.2, 0.25) is 0 Å². The van der Waals surface area contributed by atoms with E-state index in [1.54, 1.807) is 11.4 Å². The Labute approximate surface area is 105 Å². The molecule has 1 aromatic heterocycles. The molecule has 0 unspecified atom stereocenters. The van der Waals surface area contributed by atoms with Crippen LogP contribution in [0.15, 0.2) is 11.4 Å². The van der Waals surface area contributed by atoms with Gasteiger partial charge in [0.05, 0.1) is 4.92 Å². The maximum Gasteiger partial charge on any atom is 0.324 e. The summed E-state index contributed by atoms with van der Waals surface area (Å²) in [5.41, 5.74) is 0.970. The smallest absolute Gasteiger partial charge is 0.324 e. The Morgan fingerprint density at radius 3 is 2.82 bits per heavy atom. The van der Waals surface area contributed by atoms with Crippen LogP contribution in [0.2, 0.25) is 0 Å². The van der Waals surface area contributed by atoms with Crippen molar-refractivity contribution in [2.75, 3.05) is 13.2 Å². The van der Waals surface area contributed by atoms with Gasteiger partial charge in [-0.3, -0.25) is 10.1 Å². The van der Waals surface area contributed by atoms with Crippen molar-refractivity contribution in [1.82, 2.24) is 5.32 Å². The lowest BCUT2D eigenvalue weighted by atomic mass is 9.90. The van der Waals surface area contributed by atoms with Crippen molar-refractivity contribution in [3.8, 4) is 0 Å². The van der Waals surface area contributed by atoms with Gasteiger partial charge in [0.15, 0.2) is 0 Å². The van der Waals surface area contributed by atoms with Crippen molar-refractivity contribution in [3.63, 3.8) is 0 Å². The maximum absolute atomic E-state index is 10.5. The van der Waals surface area contributed by atoms with Crippen LogP contribution in [0.1, 0.15) is 25.8 Å². The molecule has 1 heterocycles. The van der Waals surface area contributed by atoms with Gasteiger partial charge in [-0.15, -0.1) is 0 Å². The van der Waals surface area contributed by atoms with Gasteiger partial charge in [0.25, 0.3) is 0 Å². The Hall–Kier alpha value is -0.980. The molecule has 0 amide bonds. The molecule has 0 saturated carbocycles. The number of rotatable bonds is 7. The Morgan fingerprint density at radius 2 is 2.29 bits per heavy atom. The number of nitro groups is 1. The predicted molar refractivity (Wildman–Crippen MR) is 68.2 cm³/mol. The van der Waals surface area contributed by atoms with Crippen molar-refractivity contribution < 1.29 is 10.0 Å². The first-order valence-electron chi connectivity index (χ1n) is 5.48. The average molecular weight is 258 g/mol. The van der Waals surface area contributed by atoms with E-state index in [0.29, 0.717) is 6.54 Å². The van der Waals surface area contributed by atoms with Crippen molar-refractivity contribution >= 4 is 16.3 Å². The summed E-state index contributed by atoms with van der Waals surface area (Å²) in [4.78, 5) is 10.1. The molecule has 1 rings (SSSR count). The van der Waals surface area contributed by atoms with E-state index in [1.165, 1.54) is 0 Å². The van der Waals surface area contributed by atoms with Crippen LogP contribution in [-0.2, 0) is 6.54 Å². The molecule has 0 bridgehead atoms. The van der Waals surface area contributed by atoms with Crippen LogP contribution in [0.3, 0.4) is 0 Å². The van der Waals surface area contributed by atoms with Gasteiger partial charge in [-0.2, -0.15) is 0 Å². The van der Waals surface area contributed by atoms with Gasteiger partial charge in [-0.1, -0.05) is 25.2 Å².